The maximum atomic E-state index is 5.09. The minimum Gasteiger partial charge on any atom is -0.358 e. The van der Waals surface area contributed by atoms with Gasteiger partial charge in [0.05, 0.1) is 0 Å². The Labute approximate surface area is 89.1 Å². The number of rotatable bonds is 1. The second-order valence-electron chi connectivity index (χ2n) is 3.94. The molecule has 0 saturated heterocycles. The topological polar surface area (TPSA) is 49.8 Å². The summed E-state index contributed by atoms with van der Waals surface area (Å²) < 4.78 is 0. The first-order chi connectivity index (χ1) is 6.47. The highest BCUT2D eigenvalue weighted by Gasteiger charge is 2.10. The molecule has 1 aromatic heterocycles. The van der Waals surface area contributed by atoms with Crippen molar-refractivity contribution in [2.45, 2.75) is 26.3 Å². The highest BCUT2D eigenvalue weighted by atomic mass is 32.1. The first kappa shape index (κ1) is 10.8. The van der Waals surface area contributed by atoms with Gasteiger partial charge in [0.1, 0.15) is 0 Å². The zero-order valence-electron chi connectivity index (χ0n) is 8.53. The molecule has 1 aromatic rings. The van der Waals surface area contributed by atoms with Crippen LogP contribution in [0.1, 0.15) is 20.8 Å². The lowest BCUT2D eigenvalue weighted by atomic mass is 10.1. The molecule has 0 fully saturated rings. The van der Waals surface area contributed by atoms with Gasteiger partial charge in [0, 0.05) is 11.7 Å². The smallest absolute Gasteiger partial charge is 0.172 e. The van der Waals surface area contributed by atoms with Crippen LogP contribution in [-0.2, 0) is 0 Å². The molecular formula is C9H14N4S. The predicted molar refractivity (Wildman–Crippen MR) is 61.1 cm³/mol. The summed E-state index contributed by atoms with van der Waals surface area (Å²) in [6.07, 6.45) is 1.62. The monoisotopic (exact) mass is 210 g/mol. The molecule has 0 spiro atoms. The highest BCUT2D eigenvalue weighted by molar-refractivity contribution is 7.80. The molecule has 0 bridgehead atoms. The van der Waals surface area contributed by atoms with Crippen molar-refractivity contribution in [3.63, 3.8) is 0 Å². The van der Waals surface area contributed by atoms with Crippen LogP contribution in [0.5, 0.6) is 0 Å². The number of hydrogen-bond donors (Lipinski definition) is 2. The summed E-state index contributed by atoms with van der Waals surface area (Å²) >= 11 is 5.09. The zero-order valence-corrected chi connectivity index (χ0v) is 9.35. The number of anilines is 1. The Bertz CT molecular complexity index is 304. The molecule has 1 heterocycles. The van der Waals surface area contributed by atoms with Gasteiger partial charge in [-0.2, -0.15) is 5.10 Å². The lowest BCUT2D eigenvalue weighted by molar-refractivity contribution is 0.514. The van der Waals surface area contributed by atoms with E-state index >= 15 is 0 Å². The molecule has 0 aliphatic carbocycles. The van der Waals surface area contributed by atoms with E-state index < -0.39 is 0 Å². The quantitative estimate of drug-likeness (QED) is 0.689. The number of thiocarbonyl (C=S) groups is 1. The molecule has 4 nitrogen and oxygen atoms in total. The molecule has 0 atom stereocenters. The normalized spacial score (nSPS) is 10.8. The van der Waals surface area contributed by atoms with E-state index in [2.05, 4.69) is 20.8 Å². The molecule has 0 amide bonds. The number of aromatic nitrogens is 2. The summed E-state index contributed by atoms with van der Waals surface area (Å²) in [7, 11) is 0. The minimum absolute atomic E-state index is 0.0493. The van der Waals surface area contributed by atoms with E-state index in [1.54, 1.807) is 12.3 Å². The molecule has 2 N–H and O–H groups in total. The lowest BCUT2D eigenvalue weighted by Crippen LogP contribution is -2.43. The summed E-state index contributed by atoms with van der Waals surface area (Å²) in [5, 5.41) is 14.2. The zero-order chi connectivity index (χ0) is 10.6. The van der Waals surface area contributed by atoms with E-state index in [9.17, 15) is 0 Å². The molecular weight excluding hydrogens is 196 g/mol. The van der Waals surface area contributed by atoms with E-state index in [0.29, 0.717) is 10.9 Å². The Balaban J connectivity index is 2.50. The van der Waals surface area contributed by atoms with Gasteiger partial charge in [-0.05, 0) is 45.1 Å². The van der Waals surface area contributed by atoms with E-state index in [1.165, 1.54) is 0 Å². The first-order valence-corrected chi connectivity index (χ1v) is 4.75. The molecule has 14 heavy (non-hydrogen) atoms. The van der Waals surface area contributed by atoms with E-state index in [4.69, 9.17) is 12.2 Å². The molecule has 0 aromatic carbocycles. The minimum atomic E-state index is -0.0493. The van der Waals surface area contributed by atoms with Crippen molar-refractivity contribution >= 4 is 23.1 Å². The third-order valence-electron chi connectivity index (χ3n) is 1.30. The number of nitrogens with zero attached hydrogens (tertiary/aromatic N) is 2. The summed E-state index contributed by atoms with van der Waals surface area (Å²) in [6.45, 7) is 6.12. The average molecular weight is 210 g/mol. The van der Waals surface area contributed by atoms with Gasteiger partial charge < -0.3 is 10.6 Å². The van der Waals surface area contributed by atoms with Crippen molar-refractivity contribution in [2.24, 2.45) is 0 Å². The van der Waals surface area contributed by atoms with Crippen LogP contribution in [0.4, 0.5) is 5.82 Å². The fourth-order valence-corrected chi connectivity index (χ4v) is 1.27. The van der Waals surface area contributed by atoms with Crippen molar-refractivity contribution in [3.8, 4) is 0 Å². The second-order valence-corrected chi connectivity index (χ2v) is 4.35. The Hall–Kier alpha value is -1.23. The average Bonchev–Trinajstić information content (AvgIpc) is 2.02. The summed E-state index contributed by atoms with van der Waals surface area (Å²) in [5.41, 5.74) is -0.0493. The molecule has 0 saturated carbocycles. The summed E-state index contributed by atoms with van der Waals surface area (Å²) in [5.74, 6) is 0.647. The van der Waals surface area contributed by atoms with Gasteiger partial charge in [-0.3, -0.25) is 0 Å². The Morgan fingerprint density at radius 2 is 2.14 bits per heavy atom. The van der Waals surface area contributed by atoms with Crippen LogP contribution in [0.2, 0.25) is 0 Å². The highest BCUT2D eigenvalue weighted by Crippen LogP contribution is 2.01. The van der Waals surface area contributed by atoms with E-state index in [-0.39, 0.29) is 5.54 Å². The van der Waals surface area contributed by atoms with Crippen molar-refractivity contribution in [1.29, 1.82) is 0 Å². The van der Waals surface area contributed by atoms with Gasteiger partial charge >= 0.3 is 0 Å². The van der Waals surface area contributed by atoms with Crippen LogP contribution >= 0.6 is 12.2 Å². The molecule has 1 rings (SSSR count). The largest absolute Gasteiger partial charge is 0.358 e. The Kier molecular flexibility index (Phi) is 3.35. The van der Waals surface area contributed by atoms with Gasteiger partial charge in [-0.1, -0.05) is 0 Å². The van der Waals surface area contributed by atoms with Gasteiger partial charge in [-0.25, -0.2) is 0 Å². The van der Waals surface area contributed by atoms with Crippen molar-refractivity contribution in [2.75, 3.05) is 5.32 Å². The molecule has 0 radical (unpaired) electrons. The van der Waals surface area contributed by atoms with Crippen LogP contribution < -0.4 is 10.6 Å². The van der Waals surface area contributed by atoms with Gasteiger partial charge in [0.2, 0.25) is 0 Å². The fourth-order valence-electron chi connectivity index (χ4n) is 0.856. The van der Waals surface area contributed by atoms with Crippen LogP contribution in [0, 0.1) is 0 Å². The Morgan fingerprint density at radius 1 is 1.43 bits per heavy atom. The van der Waals surface area contributed by atoms with E-state index in [1.807, 2.05) is 26.8 Å². The van der Waals surface area contributed by atoms with Gasteiger partial charge in [0.25, 0.3) is 0 Å². The van der Waals surface area contributed by atoms with E-state index in [0.717, 1.165) is 0 Å². The maximum absolute atomic E-state index is 5.09. The molecule has 0 aliphatic heterocycles. The molecule has 76 valence electrons. The third-order valence-corrected chi connectivity index (χ3v) is 1.51. The number of hydrogen-bond acceptors (Lipinski definition) is 3. The molecule has 0 unspecified atom stereocenters. The van der Waals surface area contributed by atoms with Crippen molar-refractivity contribution < 1.29 is 0 Å². The second kappa shape index (κ2) is 4.32. The summed E-state index contributed by atoms with van der Waals surface area (Å²) in [4.78, 5) is 0. The van der Waals surface area contributed by atoms with Crippen LogP contribution in [0.3, 0.4) is 0 Å². The standard InChI is InChI=1S/C9H14N4S/c1-9(2,3)12-8(14)11-7-5-4-6-10-13-7/h4-6H,1-3H3,(H2,11,12,13,14). The predicted octanol–water partition coefficient (Wildman–Crippen LogP) is 1.56. The van der Waals surface area contributed by atoms with Crippen LogP contribution in [-0.4, -0.2) is 20.8 Å². The van der Waals surface area contributed by atoms with Crippen LogP contribution in [0.25, 0.3) is 0 Å². The third kappa shape index (κ3) is 4.13. The van der Waals surface area contributed by atoms with Crippen molar-refractivity contribution in [3.05, 3.63) is 18.3 Å². The van der Waals surface area contributed by atoms with Crippen molar-refractivity contribution in [1.82, 2.24) is 15.5 Å². The maximum Gasteiger partial charge on any atom is 0.172 e. The van der Waals surface area contributed by atoms with Gasteiger partial charge in [0.15, 0.2) is 10.9 Å². The molecule has 5 heteroatoms. The lowest BCUT2D eigenvalue weighted by Gasteiger charge is -2.22. The fraction of sp³-hybridized carbons (Fsp3) is 0.444. The number of nitrogens with one attached hydrogen (secondary N) is 2. The summed E-state index contributed by atoms with van der Waals surface area (Å²) in [6, 6.07) is 3.61. The SMILES string of the molecule is CC(C)(C)NC(=S)Nc1cccnn1. The molecule has 0 aliphatic rings. The van der Waals surface area contributed by atoms with Gasteiger partial charge in [-0.15, -0.1) is 5.10 Å². The first-order valence-electron chi connectivity index (χ1n) is 4.34. The van der Waals surface area contributed by atoms with Crippen LogP contribution in [0.15, 0.2) is 18.3 Å². The Morgan fingerprint density at radius 3 is 2.64 bits per heavy atom.